The fraction of sp³-hybridized carbons (Fsp3) is 0.217. The zero-order valence-electron chi connectivity index (χ0n) is 18.5. The number of benzene rings is 2. The molecule has 4 rings (SSSR count). The van der Waals surface area contributed by atoms with Gasteiger partial charge in [-0.05, 0) is 48.4 Å². The van der Waals surface area contributed by atoms with Crippen molar-refractivity contribution in [2.75, 3.05) is 17.1 Å². The number of ether oxygens (including phenoxy) is 1. The zero-order valence-corrected chi connectivity index (χ0v) is 19.3. The van der Waals surface area contributed by atoms with Gasteiger partial charge in [0.1, 0.15) is 16.5 Å². The van der Waals surface area contributed by atoms with E-state index in [4.69, 9.17) is 10.00 Å². The Morgan fingerprint density at radius 3 is 2.56 bits per heavy atom. The molecule has 1 aliphatic rings. The van der Waals surface area contributed by atoms with Crippen molar-refractivity contribution in [3.63, 3.8) is 0 Å². The van der Waals surface area contributed by atoms with Crippen LogP contribution in [0.5, 0.6) is 5.75 Å². The van der Waals surface area contributed by atoms with Gasteiger partial charge in [0.05, 0.1) is 24.4 Å². The van der Waals surface area contributed by atoms with E-state index >= 15 is 0 Å². The van der Waals surface area contributed by atoms with Crippen molar-refractivity contribution in [3.8, 4) is 22.9 Å². The predicted molar refractivity (Wildman–Crippen MR) is 124 cm³/mol. The van der Waals surface area contributed by atoms with Gasteiger partial charge in [0.2, 0.25) is 11.8 Å². The molecule has 0 unspecified atom stereocenters. The van der Waals surface area contributed by atoms with Crippen molar-refractivity contribution in [3.05, 3.63) is 53.7 Å². The van der Waals surface area contributed by atoms with Crippen LogP contribution < -0.4 is 14.8 Å². The Balaban J connectivity index is 1.83. The number of anilines is 2. The first-order valence-corrected chi connectivity index (χ1v) is 11.9. The van der Waals surface area contributed by atoms with Crippen LogP contribution in [0, 0.1) is 11.3 Å². The normalized spacial score (nSPS) is 13.4. The number of nitrogens with one attached hydrogen (secondary N) is 2. The van der Waals surface area contributed by atoms with Gasteiger partial charge in [0.15, 0.2) is 0 Å². The number of aryl methyl sites for hydroxylation is 1. The molecule has 0 fully saturated rings. The first-order valence-electron chi connectivity index (χ1n) is 10.4. The topological polar surface area (TPSA) is 143 Å². The molecule has 174 valence electrons. The highest BCUT2D eigenvalue weighted by Gasteiger charge is 2.28. The Labute approximate surface area is 196 Å². The second kappa shape index (κ2) is 8.99. The number of nitrogens with zero attached hydrogens (tertiary/aromatic N) is 3. The first kappa shape index (κ1) is 23.0. The summed E-state index contributed by atoms with van der Waals surface area (Å²) in [5.74, 6) is -0.308. The van der Waals surface area contributed by atoms with E-state index in [0.717, 1.165) is 0 Å². The van der Waals surface area contributed by atoms with Crippen LogP contribution in [0.2, 0.25) is 0 Å². The van der Waals surface area contributed by atoms with Gasteiger partial charge in [-0.2, -0.15) is 15.0 Å². The number of hydrogen-bond donors (Lipinski definition) is 2. The first-order chi connectivity index (χ1) is 16.3. The van der Waals surface area contributed by atoms with Crippen molar-refractivity contribution < 1.29 is 22.7 Å². The largest absolute Gasteiger partial charge is 0.495 e. The molecule has 3 aromatic rings. The minimum absolute atomic E-state index is 0.0276. The maximum absolute atomic E-state index is 13.3. The Kier molecular flexibility index (Phi) is 6.08. The molecular formula is C23H21N5O5S. The molecule has 0 saturated carbocycles. The van der Waals surface area contributed by atoms with Crippen molar-refractivity contribution >= 4 is 33.3 Å². The number of fused-ring (bicyclic) bond motifs is 1. The Bertz CT molecular complexity index is 1440. The molecule has 0 bridgehead atoms. The van der Waals surface area contributed by atoms with Gasteiger partial charge in [0.25, 0.3) is 10.0 Å². The van der Waals surface area contributed by atoms with Gasteiger partial charge in [-0.25, -0.2) is 8.42 Å². The van der Waals surface area contributed by atoms with E-state index in [1.54, 1.807) is 6.07 Å². The fourth-order valence-electron chi connectivity index (χ4n) is 3.70. The molecule has 2 aromatic carbocycles. The summed E-state index contributed by atoms with van der Waals surface area (Å²) in [6.07, 6.45) is 0.524. The minimum Gasteiger partial charge on any atom is -0.495 e. The van der Waals surface area contributed by atoms with Crippen LogP contribution >= 0.6 is 0 Å². The van der Waals surface area contributed by atoms with Crippen molar-refractivity contribution in [1.82, 2.24) is 9.78 Å². The minimum atomic E-state index is -4.10. The van der Waals surface area contributed by atoms with E-state index in [9.17, 15) is 18.0 Å². The smallest absolute Gasteiger partial charge is 0.265 e. The Hall–Kier alpha value is -4.17. The van der Waals surface area contributed by atoms with Crippen LogP contribution in [0.4, 0.5) is 11.5 Å². The van der Waals surface area contributed by atoms with Crippen LogP contribution in [0.1, 0.15) is 35.8 Å². The van der Waals surface area contributed by atoms with Gasteiger partial charge in [0, 0.05) is 24.1 Å². The van der Waals surface area contributed by atoms with Crippen LogP contribution in [-0.4, -0.2) is 37.1 Å². The average Bonchev–Trinajstić information content (AvgIpc) is 3.13. The summed E-state index contributed by atoms with van der Waals surface area (Å²) in [7, 11) is -2.74. The Morgan fingerprint density at radius 1 is 1.18 bits per heavy atom. The van der Waals surface area contributed by atoms with Crippen LogP contribution in [-0.2, 0) is 21.2 Å². The summed E-state index contributed by atoms with van der Waals surface area (Å²) in [5.41, 5.74) is 2.14. The van der Waals surface area contributed by atoms with Gasteiger partial charge in [-0.15, -0.1) is 0 Å². The molecule has 1 amide bonds. The summed E-state index contributed by atoms with van der Waals surface area (Å²) in [6, 6.07) is 12.5. The van der Waals surface area contributed by atoms with Gasteiger partial charge in [-0.1, -0.05) is 13.0 Å². The number of amides is 1. The standard InChI is InChI=1S/C23H21N5O5S/c1-3-17-22(23-25-20(29)10-11-21(30)28(23)26-17)15-6-9-18(33-2)19(12-15)34(31,32)27-16-7-4-14(13-24)5-8-16/h4-9,12,27H,3,10-11H2,1-2H3,(H,25,29). The van der Waals surface area contributed by atoms with E-state index in [0.29, 0.717) is 28.8 Å². The van der Waals surface area contributed by atoms with Gasteiger partial charge >= 0.3 is 0 Å². The average molecular weight is 480 g/mol. The number of nitriles is 1. The lowest BCUT2D eigenvalue weighted by Crippen LogP contribution is -2.14. The Morgan fingerprint density at radius 2 is 1.91 bits per heavy atom. The van der Waals surface area contributed by atoms with Crippen LogP contribution in [0.15, 0.2) is 47.4 Å². The van der Waals surface area contributed by atoms with Gasteiger partial charge < -0.3 is 10.1 Å². The van der Waals surface area contributed by atoms with Gasteiger partial charge in [-0.3, -0.25) is 14.3 Å². The van der Waals surface area contributed by atoms with Crippen molar-refractivity contribution in [2.45, 2.75) is 31.1 Å². The summed E-state index contributed by atoms with van der Waals surface area (Å²) < 4.78 is 35.5. The summed E-state index contributed by atoms with van der Waals surface area (Å²) >= 11 is 0. The predicted octanol–water partition coefficient (Wildman–Crippen LogP) is 3.17. The molecule has 2 N–H and O–H groups in total. The molecule has 11 heteroatoms. The van der Waals surface area contributed by atoms with E-state index in [-0.39, 0.29) is 46.8 Å². The molecule has 0 aliphatic carbocycles. The van der Waals surface area contributed by atoms with E-state index < -0.39 is 10.0 Å². The maximum atomic E-state index is 13.3. The monoisotopic (exact) mass is 479 g/mol. The highest BCUT2D eigenvalue weighted by Crippen LogP contribution is 2.37. The third kappa shape index (κ3) is 4.23. The molecule has 0 radical (unpaired) electrons. The molecule has 10 nitrogen and oxygen atoms in total. The molecule has 0 atom stereocenters. The molecular weight excluding hydrogens is 458 g/mol. The lowest BCUT2D eigenvalue weighted by atomic mass is 10.0. The highest BCUT2D eigenvalue weighted by molar-refractivity contribution is 7.92. The number of aromatic nitrogens is 2. The number of methoxy groups -OCH3 is 1. The zero-order chi connectivity index (χ0) is 24.5. The van der Waals surface area contributed by atoms with E-state index in [1.165, 1.54) is 48.2 Å². The number of carbonyl (C=O) groups is 2. The van der Waals surface area contributed by atoms with Crippen molar-refractivity contribution in [1.29, 1.82) is 5.26 Å². The molecule has 1 aromatic heterocycles. The molecule has 0 saturated heterocycles. The van der Waals surface area contributed by atoms with Crippen LogP contribution in [0.25, 0.3) is 11.1 Å². The lowest BCUT2D eigenvalue weighted by Gasteiger charge is -2.14. The number of rotatable bonds is 6. The number of carbonyl (C=O) groups excluding carboxylic acids is 2. The molecule has 0 spiro atoms. The number of hydrogen-bond acceptors (Lipinski definition) is 7. The number of sulfonamides is 1. The fourth-order valence-corrected chi connectivity index (χ4v) is 4.95. The third-order valence-corrected chi connectivity index (χ3v) is 6.76. The second-order valence-electron chi connectivity index (χ2n) is 7.54. The van der Waals surface area contributed by atoms with E-state index in [2.05, 4.69) is 15.1 Å². The molecule has 34 heavy (non-hydrogen) atoms. The summed E-state index contributed by atoms with van der Waals surface area (Å²) in [4.78, 5) is 24.6. The SMILES string of the molecule is CCc1nn2c(c1-c1ccc(OC)c(S(=O)(=O)Nc3ccc(C#N)cc3)c1)NC(=O)CCC2=O. The maximum Gasteiger partial charge on any atom is 0.265 e. The summed E-state index contributed by atoms with van der Waals surface area (Å²) in [5, 5.41) is 16.0. The lowest BCUT2D eigenvalue weighted by molar-refractivity contribution is -0.116. The second-order valence-corrected chi connectivity index (χ2v) is 9.19. The summed E-state index contributed by atoms with van der Waals surface area (Å²) in [6.45, 7) is 1.85. The molecule has 2 heterocycles. The van der Waals surface area contributed by atoms with E-state index in [1.807, 2.05) is 13.0 Å². The van der Waals surface area contributed by atoms with Crippen LogP contribution in [0.3, 0.4) is 0 Å². The highest BCUT2D eigenvalue weighted by atomic mass is 32.2. The quantitative estimate of drug-likeness (QED) is 0.553. The van der Waals surface area contributed by atoms with Crippen molar-refractivity contribution in [2.24, 2.45) is 0 Å². The third-order valence-electron chi connectivity index (χ3n) is 5.36. The molecule has 1 aliphatic heterocycles.